The minimum Gasteiger partial charge on any atom is -0.410 e. The molecule has 0 radical (unpaired) electrons. The zero-order valence-corrected chi connectivity index (χ0v) is 8.28. The van der Waals surface area contributed by atoms with Gasteiger partial charge in [-0.05, 0) is 18.4 Å². The molecule has 0 amide bonds. The van der Waals surface area contributed by atoms with Crippen LogP contribution >= 0.6 is 11.3 Å². The van der Waals surface area contributed by atoms with Crippen molar-refractivity contribution in [1.82, 2.24) is 5.16 Å². The summed E-state index contributed by atoms with van der Waals surface area (Å²) in [5.74, 6) is 0. The van der Waals surface area contributed by atoms with E-state index in [2.05, 4.69) is 10.3 Å². The molecule has 72 valence electrons. The summed E-state index contributed by atoms with van der Waals surface area (Å²) < 4.78 is 4.79. The van der Waals surface area contributed by atoms with E-state index in [1.165, 1.54) is 17.6 Å². The average Bonchev–Trinajstić information content (AvgIpc) is 2.80. The Kier molecular flexibility index (Phi) is 2.32. The minimum absolute atomic E-state index is 0.499. The van der Waals surface area contributed by atoms with Gasteiger partial charge in [-0.2, -0.15) is 0 Å². The van der Waals surface area contributed by atoms with Crippen LogP contribution in [0.3, 0.4) is 0 Å². The van der Waals surface area contributed by atoms with Crippen LogP contribution in [0.25, 0.3) is 0 Å². The maximum Gasteiger partial charge on any atom is 0.133 e. The zero-order chi connectivity index (χ0) is 9.97. The fourth-order valence-corrected chi connectivity index (χ4v) is 1.89. The Morgan fingerprint density at radius 3 is 3.00 bits per heavy atom. The maximum atomic E-state index is 8.92. The van der Waals surface area contributed by atoms with E-state index >= 15 is 0 Å². The van der Waals surface area contributed by atoms with Crippen molar-refractivity contribution < 1.29 is 9.73 Å². The number of thiophene rings is 1. The first-order chi connectivity index (χ1) is 6.83. The van der Waals surface area contributed by atoms with Gasteiger partial charge in [-0.3, -0.25) is 0 Å². The predicted molar refractivity (Wildman–Crippen MR) is 53.0 cm³/mol. The van der Waals surface area contributed by atoms with Gasteiger partial charge in [-0.15, -0.1) is 11.3 Å². The molecule has 0 bridgehead atoms. The third kappa shape index (κ3) is 1.42. The van der Waals surface area contributed by atoms with E-state index in [9.17, 15) is 0 Å². The summed E-state index contributed by atoms with van der Waals surface area (Å²) in [6.07, 6.45) is 1.48. The Morgan fingerprint density at radius 2 is 2.50 bits per heavy atom. The molecule has 14 heavy (non-hydrogen) atoms. The summed E-state index contributed by atoms with van der Waals surface area (Å²) in [5, 5.41) is 17.8. The molecule has 0 fully saturated rings. The Labute approximate surface area is 84.5 Å². The molecule has 2 aromatic rings. The van der Waals surface area contributed by atoms with Crippen molar-refractivity contribution in [2.75, 3.05) is 0 Å². The van der Waals surface area contributed by atoms with Gasteiger partial charge in [0.15, 0.2) is 0 Å². The minimum atomic E-state index is 0.499. The molecule has 1 N–H and O–H groups in total. The molecule has 0 saturated heterocycles. The maximum absolute atomic E-state index is 8.92. The van der Waals surface area contributed by atoms with Crippen LogP contribution in [-0.4, -0.2) is 16.1 Å². The lowest BCUT2D eigenvalue weighted by Crippen LogP contribution is -2.01. The van der Waals surface area contributed by atoms with Crippen molar-refractivity contribution in [3.8, 4) is 0 Å². The summed E-state index contributed by atoms with van der Waals surface area (Å²) in [7, 11) is 0. The van der Waals surface area contributed by atoms with Gasteiger partial charge in [0.05, 0.1) is 16.1 Å². The third-order valence-corrected chi connectivity index (χ3v) is 2.74. The largest absolute Gasteiger partial charge is 0.410 e. The van der Waals surface area contributed by atoms with Gasteiger partial charge in [-0.1, -0.05) is 16.4 Å². The molecule has 2 heterocycles. The third-order valence-electron chi connectivity index (χ3n) is 1.86. The summed E-state index contributed by atoms with van der Waals surface area (Å²) >= 11 is 1.50. The van der Waals surface area contributed by atoms with Crippen LogP contribution in [0.15, 0.2) is 33.5 Å². The van der Waals surface area contributed by atoms with Crippen LogP contribution in [0.5, 0.6) is 0 Å². The van der Waals surface area contributed by atoms with Crippen LogP contribution in [0.1, 0.15) is 16.1 Å². The number of aryl methyl sites for hydroxylation is 1. The molecule has 4 nitrogen and oxygen atoms in total. The average molecular weight is 208 g/mol. The van der Waals surface area contributed by atoms with Crippen LogP contribution < -0.4 is 0 Å². The van der Waals surface area contributed by atoms with Crippen molar-refractivity contribution in [3.63, 3.8) is 0 Å². The Hall–Kier alpha value is -1.62. The summed E-state index contributed by atoms with van der Waals surface area (Å²) in [4.78, 5) is 0.888. The van der Waals surface area contributed by atoms with E-state index in [-0.39, 0.29) is 0 Å². The highest BCUT2D eigenvalue weighted by atomic mass is 32.1. The normalized spacial score (nSPS) is 11.9. The van der Waals surface area contributed by atoms with Crippen LogP contribution in [-0.2, 0) is 0 Å². The lowest BCUT2D eigenvalue weighted by atomic mass is 10.1. The van der Waals surface area contributed by atoms with Crippen molar-refractivity contribution in [2.24, 2.45) is 5.16 Å². The highest BCUT2D eigenvalue weighted by Crippen LogP contribution is 2.17. The van der Waals surface area contributed by atoms with Gasteiger partial charge in [0.2, 0.25) is 0 Å². The van der Waals surface area contributed by atoms with Crippen LogP contribution in [0, 0.1) is 6.92 Å². The van der Waals surface area contributed by atoms with E-state index in [0.717, 1.165) is 10.4 Å². The first-order valence-electron chi connectivity index (χ1n) is 4.00. The van der Waals surface area contributed by atoms with Crippen molar-refractivity contribution in [1.29, 1.82) is 0 Å². The monoisotopic (exact) mass is 208 g/mol. The summed E-state index contributed by atoms with van der Waals surface area (Å²) in [6, 6.07) is 3.78. The van der Waals surface area contributed by atoms with Gasteiger partial charge in [0.25, 0.3) is 0 Å². The van der Waals surface area contributed by atoms with E-state index in [1.807, 2.05) is 17.5 Å². The standard InChI is InChI=1S/C9H8N2O2S/c1-6-7(5-13-11-6)9(10-12)8-3-2-4-14-8/h2-5,12H,1H3/b10-9-. The number of oxime groups is 1. The Balaban J connectivity index is 2.47. The molecule has 0 saturated carbocycles. The van der Waals surface area contributed by atoms with Crippen LogP contribution in [0.2, 0.25) is 0 Å². The first kappa shape index (κ1) is 8.96. The molecule has 5 heteroatoms. The second-order valence-corrected chi connectivity index (χ2v) is 3.69. The number of rotatable bonds is 2. The quantitative estimate of drug-likeness (QED) is 0.468. The molecule has 0 atom stereocenters. The molecule has 0 aliphatic carbocycles. The number of nitrogens with zero attached hydrogens (tertiary/aromatic N) is 2. The fraction of sp³-hybridized carbons (Fsp3) is 0.111. The number of hydrogen-bond donors (Lipinski definition) is 1. The molecule has 0 aromatic carbocycles. The Morgan fingerprint density at radius 1 is 1.64 bits per heavy atom. The number of hydrogen-bond acceptors (Lipinski definition) is 5. The van der Waals surface area contributed by atoms with Crippen molar-refractivity contribution >= 4 is 17.0 Å². The molecule has 0 unspecified atom stereocenters. The van der Waals surface area contributed by atoms with Gasteiger partial charge < -0.3 is 9.73 Å². The van der Waals surface area contributed by atoms with Crippen LogP contribution in [0.4, 0.5) is 0 Å². The highest BCUT2D eigenvalue weighted by molar-refractivity contribution is 7.12. The van der Waals surface area contributed by atoms with E-state index in [0.29, 0.717) is 11.4 Å². The topological polar surface area (TPSA) is 58.6 Å². The second kappa shape index (κ2) is 3.63. The van der Waals surface area contributed by atoms with Gasteiger partial charge >= 0.3 is 0 Å². The molecule has 0 aliphatic rings. The molecule has 0 aliphatic heterocycles. The molecular weight excluding hydrogens is 200 g/mol. The Bertz CT molecular complexity index is 445. The second-order valence-electron chi connectivity index (χ2n) is 2.74. The van der Waals surface area contributed by atoms with E-state index in [4.69, 9.17) is 9.73 Å². The van der Waals surface area contributed by atoms with Crippen molar-refractivity contribution in [3.05, 3.63) is 39.9 Å². The van der Waals surface area contributed by atoms with E-state index in [1.54, 1.807) is 6.92 Å². The van der Waals surface area contributed by atoms with Crippen molar-refractivity contribution in [2.45, 2.75) is 6.92 Å². The lowest BCUT2D eigenvalue weighted by Gasteiger charge is -1.97. The molecule has 0 spiro atoms. The van der Waals surface area contributed by atoms with Gasteiger partial charge in [0, 0.05) is 0 Å². The highest BCUT2D eigenvalue weighted by Gasteiger charge is 2.14. The predicted octanol–water partition coefficient (Wildman–Crippen LogP) is 2.27. The molecular formula is C9H8N2O2S. The summed E-state index contributed by atoms with van der Waals surface area (Å²) in [6.45, 7) is 1.80. The smallest absolute Gasteiger partial charge is 0.133 e. The number of aromatic nitrogens is 1. The van der Waals surface area contributed by atoms with Gasteiger partial charge in [0.1, 0.15) is 12.0 Å². The SMILES string of the molecule is Cc1nocc1/C(=N/O)c1cccs1. The zero-order valence-electron chi connectivity index (χ0n) is 7.47. The van der Waals surface area contributed by atoms with E-state index < -0.39 is 0 Å². The fourth-order valence-electron chi connectivity index (χ4n) is 1.17. The molecule has 2 rings (SSSR count). The summed E-state index contributed by atoms with van der Waals surface area (Å²) in [5.41, 5.74) is 1.93. The van der Waals surface area contributed by atoms with Gasteiger partial charge in [-0.25, -0.2) is 0 Å². The lowest BCUT2D eigenvalue weighted by molar-refractivity contribution is 0.319. The molecule has 2 aromatic heterocycles. The first-order valence-corrected chi connectivity index (χ1v) is 4.88.